The number of carbonyl (C=O) groups is 1. The van der Waals surface area contributed by atoms with E-state index in [0.29, 0.717) is 17.3 Å². The zero-order chi connectivity index (χ0) is 16.8. The predicted octanol–water partition coefficient (Wildman–Crippen LogP) is 2.76. The maximum Gasteiger partial charge on any atom is 0.262 e. The van der Waals surface area contributed by atoms with Gasteiger partial charge in [0.15, 0.2) is 6.61 Å². The van der Waals surface area contributed by atoms with Crippen molar-refractivity contribution in [3.05, 3.63) is 54.9 Å². The van der Waals surface area contributed by atoms with E-state index in [0.717, 1.165) is 11.3 Å². The van der Waals surface area contributed by atoms with Crippen LogP contribution in [-0.4, -0.2) is 29.8 Å². The zero-order valence-electron chi connectivity index (χ0n) is 12.9. The number of anilines is 1. The molecule has 24 heavy (non-hydrogen) atoms. The van der Waals surface area contributed by atoms with Crippen LogP contribution in [0, 0.1) is 0 Å². The van der Waals surface area contributed by atoms with Gasteiger partial charge in [-0.2, -0.15) is 0 Å². The first-order valence-electron chi connectivity index (χ1n) is 7.18. The van der Waals surface area contributed by atoms with E-state index < -0.39 is 0 Å². The first-order valence-corrected chi connectivity index (χ1v) is 7.18. The van der Waals surface area contributed by atoms with E-state index in [1.165, 1.54) is 6.39 Å². The molecule has 0 fully saturated rings. The van der Waals surface area contributed by atoms with Gasteiger partial charge < -0.3 is 19.2 Å². The van der Waals surface area contributed by atoms with Crippen molar-refractivity contribution in [2.75, 3.05) is 19.0 Å². The Bertz CT molecular complexity index is 784. The van der Waals surface area contributed by atoms with Gasteiger partial charge in [-0.3, -0.25) is 4.79 Å². The Labute approximate surface area is 138 Å². The molecule has 0 aliphatic rings. The van der Waals surface area contributed by atoms with E-state index in [4.69, 9.17) is 13.9 Å². The number of aromatic nitrogens is 2. The average molecular weight is 325 g/mol. The molecule has 0 bridgehead atoms. The van der Waals surface area contributed by atoms with Crippen LogP contribution >= 0.6 is 0 Å². The molecule has 1 amide bonds. The van der Waals surface area contributed by atoms with E-state index in [1.807, 2.05) is 0 Å². The highest BCUT2D eigenvalue weighted by Gasteiger charge is 2.06. The third-order valence-electron chi connectivity index (χ3n) is 3.21. The number of ether oxygens (including phenoxy) is 2. The fourth-order valence-electron chi connectivity index (χ4n) is 2.01. The Kier molecular flexibility index (Phi) is 4.71. The van der Waals surface area contributed by atoms with Crippen molar-refractivity contribution in [1.29, 1.82) is 0 Å². The molecule has 1 heterocycles. The number of hydrogen-bond acceptors (Lipinski definition) is 6. The van der Waals surface area contributed by atoms with Crippen molar-refractivity contribution >= 4 is 11.6 Å². The van der Waals surface area contributed by atoms with Gasteiger partial charge in [0.25, 0.3) is 5.91 Å². The normalized spacial score (nSPS) is 10.2. The van der Waals surface area contributed by atoms with Crippen LogP contribution < -0.4 is 14.8 Å². The van der Waals surface area contributed by atoms with Crippen LogP contribution in [0.15, 0.2) is 59.3 Å². The number of benzene rings is 2. The van der Waals surface area contributed by atoms with Gasteiger partial charge in [0, 0.05) is 11.3 Å². The molecule has 3 rings (SSSR count). The summed E-state index contributed by atoms with van der Waals surface area (Å²) in [5.74, 6) is 1.48. The van der Waals surface area contributed by atoms with Crippen LogP contribution in [0.2, 0.25) is 0 Å². The Morgan fingerprint density at radius 3 is 2.42 bits per heavy atom. The molecule has 1 aromatic heterocycles. The SMILES string of the molecule is COc1ccc(NC(=O)COc2ccc(-c3nnco3)cc2)cc1. The lowest BCUT2D eigenvalue weighted by Crippen LogP contribution is -2.20. The van der Waals surface area contributed by atoms with Gasteiger partial charge in [-0.15, -0.1) is 10.2 Å². The third kappa shape index (κ3) is 3.89. The van der Waals surface area contributed by atoms with Gasteiger partial charge in [0.2, 0.25) is 12.3 Å². The fourth-order valence-corrected chi connectivity index (χ4v) is 2.01. The Morgan fingerprint density at radius 2 is 1.79 bits per heavy atom. The first-order chi connectivity index (χ1) is 11.7. The summed E-state index contributed by atoms with van der Waals surface area (Å²) < 4.78 is 15.6. The van der Waals surface area contributed by atoms with Gasteiger partial charge in [0.1, 0.15) is 11.5 Å². The van der Waals surface area contributed by atoms with Gasteiger partial charge >= 0.3 is 0 Å². The number of methoxy groups -OCH3 is 1. The lowest BCUT2D eigenvalue weighted by molar-refractivity contribution is -0.118. The minimum Gasteiger partial charge on any atom is -0.497 e. The second-order valence-electron chi connectivity index (χ2n) is 4.83. The standard InChI is InChI=1S/C17H15N3O4/c1-22-14-8-4-13(5-9-14)19-16(21)10-23-15-6-2-12(3-7-15)17-20-18-11-24-17/h2-9,11H,10H2,1H3,(H,19,21). The van der Waals surface area contributed by atoms with Gasteiger partial charge in [-0.05, 0) is 48.5 Å². The summed E-state index contributed by atoms with van der Waals surface area (Å²) >= 11 is 0. The summed E-state index contributed by atoms with van der Waals surface area (Å²) in [5.41, 5.74) is 1.46. The number of rotatable bonds is 6. The van der Waals surface area contributed by atoms with E-state index in [2.05, 4.69) is 15.5 Å². The van der Waals surface area contributed by atoms with Crippen LogP contribution in [0.25, 0.3) is 11.5 Å². The summed E-state index contributed by atoms with van der Waals surface area (Å²) in [7, 11) is 1.59. The van der Waals surface area contributed by atoms with Crippen molar-refractivity contribution in [3.8, 4) is 23.0 Å². The summed E-state index contributed by atoms with van der Waals surface area (Å²) in [6, 6.07) is 14.1. The molecule has 2 aromatic carbocycles. The first kappa shape index (κ1) is 15.5. The monoisotopic (exact) mass is 325 g/mol. The number of hydrogen-bond donors (Lipinski definition) is 1. The molecular weight excluding hydrogens is 310 g/mol. The van der Waals surface area contributed by atoms with E-state index in [9.17, 15) is 4.79 Å². The molecule has 0 atom stereocenters. The molecule has 1 N–H and O–H groups in total. The Morgan fingerprint density at radius 1 is 1.08 bits per heavy atom. The largest absolute Gasteiger partial charge is 0.497 e. The molecule has 0 aliphatic carbocycles. The van der Waals surface area contributed by atoms with Crippen molar-refractivity contribution in [2.45, 2.75) is 0 Å². The van der Waals surface area contributed by atoms with Gasteiger partial charge in [0.05, 0.1) is 7.11 Å². The smallest absolute Gasteiger partial charge is 0.262 e. The van der Waals surface area contributed by atoms with Crippen LogP contribution in [-0.2, 0) is 4.79 Å². The molecule has 7 heteroatoms. The Balaban J connectivity index is 1.52. The molecule has 0 aliphatic heterocycles. The van der Waals surface area contributed by atoms with Crippen LogP contribution in [0.5, 0.6) is 11.5 Å². The van der Waals surface area contributed by atoms with Crippen LogP contribution in [0.4, 0.5) is 5.69 Å². The molecule has 122 valence electrons. The zero-order valence-corrected chi connectivity index (χ0v) is 12.9. The molecule has 0 radical (unpaired) electrons. The average Bonchev–Trinajstić information content (AvgIpc) is 3.16. The van der Waals surface area contributed by atoms with Crippen molar-refractivity contribution < 1.29 is 18.7 Å². The van der Waals surface area contributed by atoms with E-state index in [-0.39, 0.29) is 12.5 Å². The highest BCUT2D eigenvalue weighted by Crippen LogP contribution is 2.20. The van der Waals surface area contributed by atoms with Crippen molar-refractivity contribution in [3.63, 3.8) is 0 Å². The predicted molar refractivity (Wildman–Crippen MR) is 86.9 cm³/mol. The molecular formula is C17H15N3O4. The van der Waals surface area contributed by atoms with Gasteiger partial charge in [-0.1, -0.05) is 0 Å². The third-order valence-corrected chi connectivity index (χ3v) is 3.21. The van der Waals surface area contributed by atoms with Gasteiger partial charge in [-0.25, -0.2) is 0 Å². The lowest BCUT2D eigenvalue weighted by Gasteiger charge is -2.08. The molecule has 0 spiro atoms. The van der Waals surface area contributed by atoms with Crippen LogP contribution in [0.3, 0.4) is 0 Å². The highest BCUT2D eigenvalue weighted by molar-refractivity contribution is 5.91. The summed E-state index contributed by atoms with van der Waals surface area (Å²) in [6.07, 6.45) is 1.27. The number of amides is 1. The lowest BCUT2D eigenvalue weighted by atomic mass is 10.2. The summed E-state index contributed by atoms with van der Waals surface area (Å²) in [4.78, 5) is 11.9. The van der Waals surface area contributed by atoms with E-state index >= 15 is 0 Å². The minimum atomic E-state index is -0.249. The quantitative estimate of drug-likeness (QED) is 0.750. The molecule has 3 aromatic rings. The fraction of sp³-hybridized carbons (Fsp3) is 0.118. The highest BCUT2D eigenvalue weighted by atomic mass is 16.5. The topological polar surface area (TPSA) is 86.5 Å². The maximum atomic E-state index is 11.9. The maximum absolute atomic E-state index is 11.9. The second kappa shape index (κ2) is 7.28. The summed E-state index contributed by atoms with van der Waals surface area (Å²) in [5, 5.41) is 10.2. The number of nitrogens with one attached hydrogen (secondary N) is 1. The number of carbonyl (C=O) groups excluding carboxylic acids is 1. The Hall–Kier alpha value is -3.35. The molecule has 7 nitrogen and oxygen atoms in total. The molecule has 0 unspecified atom stereocenters. The molecule has 0 saturated heterocycles. The van der Waals surface area contributed by atoms with Crippen LogP contribution in [0.1, 0.15) is 0 Å². The van der Waals surface area contributed by atoms with E-state index in [1.54, 1.807) is 55.6 Å². The van der Waals surface area contributed by atoms with Crippen molar-refractivity contribution in [2.24, 2.45) is 0 Å². The van der Waals surface area contributed by atoms with Crippen molar-refractivity contribution in [1.82, 2.24) is 10.2 Å². The number of nitrogens with zero attached hydrogens (tertiary/aromatic N) is 2. The minimum absolute atomic E-state index is 0.0913. The summed E-state index contributed by atoms with van der Waals surface area (Å²) in [6.45, 7) is -0.0913. The molecule has 0 saturated carbocycles. The second-order valence-corrected chi connectivity index (χ2v) is 4.83.